The molecular formula is C18H23NO. The van der Waals surface area contributed by atoms with Crippen LogP contribution >= 0.6 is 0 Å². The molecule has 0 aliphatic heterocycles. The Kier molecular flexibility index (Phi) is 4.80. The highest BCUT2D eigenvalue weighted by Gasteiger charge is 2.12. The lowest BCUT2D eigenvalue weighted by molar-refractivity contribution is 0.317. The lowest BCUT2D eigenvalue weighted by Crippen LogP contribution is -2.13. The third-order valence-electron chi connectivity index (χ3n) is 3.45. The smallest absolute Gasteiger partial charge is 0.119 e. The van der Waals surface area contributed by atoms with Crippen LogP contribution in [0.4, 0.5) is 0 Å². The molecule has 0 fully saturated rings. The predicted molar refractivity (Wildman–Crippen MR) is 84.2 cm³/mol. The second-order valence-corrected chi connectivity index (χ2v) is 5.26. The van der Waals surface area contributed by atoms with Gasteiger partial charge in [-0.2, -0.15) is 0 Å². The van der Waals surface area contributed by atoms with E-state index in [0.29, 0.717) is 0 Å². The summed E-state index contributed by atoms with van der Waals surface area (Å²) in [5, 5.41) is 0. The van der Waals surface area contributed by atoms with Gasteiger partial charge >= 0.3 is 0 Å². The minimum absolute atomic E-state index is 0.110. The maximum atomic E-state index is 6.41. The summed E-state index contributed by atoms with van der Waals surface area (Å²) in [5.74, 6) is 0.893. The second-order valence-electron chi connectivity index (χ2n) is 5.26. The summed E-state index contributed by atoms with van der Waals surface area (Å²) >= 11 is 0. The van der Waals surface area contributed by atoms with E-state index < -0.39 is 0 Å². The summed E-state index contributed by atoms with van der Waals surface area (Å²) < 4.78 is 5.68. The van der Waals surface area contributed by atoms with Crippen LogP contribution in [0.2, 0.25) is 0 Å². The van der Waals surface area contributed by atoms with E-state index in [0.717, 1.165) is 24.3 Å². The molecule has 2 aromatic carbocycles. The topological polar surface area (TPSA) is 35.2 Å². The Morgan fingerprint density at radius 1 is 1.10 bits per heavy atom. The van der Waals surface area contributed by atoms with Crippen LogP contribution in [0.25, 0.3) is 0 Å². The van der Waals surface area contributed by atoms with Gasteiger partial charge in [0.1, 0.15) is 5.75 Å². The molecule has 0 saturated heterocycles. The van der Waals surface area contributed by atoms with Crippen molar-refractivity contribution in [2.45, 2.75) is 33.2 Å². The van der Waals surface area contributed by atoms with Crippen molar-refractivity contribution in [2.75, 3.05) is 6.61 Å². The quantitative estimate of drug-likeness (QED) is 0.885. The van der Waals surface area contributed by atoms with Crippen LogP contribution in [0, 0.1) is 13.8 Å². The summed E-state index contributed by atoms with van der Waals surface area (Å²) in [7, 11) is 0. The zero-order valence-corrected chi connectivity index (χ0v) is 12.5. The molecule has 20 heavy (non-hydrogen) atoms. The second kappa shape index (κ2) is 6.58. The third-order valence-corrected chi connectivity index (χ3v) is 3.45. The van der Waals surface area contributed by atoms with Crippen molar-refractivity contribution in [3.63, 3.8) is 0 Å². The van der Waals surface area contributed by atoms with Gasteiger partial charge in [0.25, 0.3) is 0 Å². The van der Waals surface area contributed by atoms with E-state index >= 15 is 0 Å². The molecule has 0 amide bonds. The molecule has 1 atom stereocenters. The van der Waals surface area contributed by atoms with E-state index in [1.165, 1.54) is 16.7 Å². The molecule has 106 valence electrons. The van der Waals surface area contributed by atoms with Gasteiger partial charge < -0.3 is 10.5 Å². The van der Waals surface area contributed by atoms with Crippen molar-refractivity contribution >= 4 is 0 Å². The highest BCUT2D eigenvalue weighted by Crippen LogP contribution is 2.26. The van der Waals surface area contributed by atoms with Gasteiger partial charge in [0.05, 0.1) is 12.6 Å². The standard InChI is InChI=1S/C18H23NO/c1-4-10-20-16-7-5-6-15(12-16)18(19)17-9-8-13(2)11-14(17)3/h5-9,11-12,18H,4,10,19H2,1-3H3. The summed E-state index contributed by atoms with van der Waals surface area (Å²) in [6.07, 6.45) is 1.01. The van der Waals surface area contributed by atoms with E-state index in [4.69, 9.17) is 10.5 Å². The largest absolute Gasteiger partial charge is 0.494 e. The number of aryl methyl sites for hydroxylation is 2. The molecule has 1 unspecified atom stereocenters. The number of hydrogen-bond donors (Lipinski definition) is 1. The van der Waals surface area contributed by atoms with Crippen LogP contribution in [0.3, 0.4) is 0 Å². The summed E-state index contributed by atoms with van der Waals surface area (Å²) in [4.78, 5) is 0. The lowest BCUT2D eigenvalue weighted by Gasteiger charge is -2.17. The van der Waals surface area contributed by atoms with Gasteiger partial charge in [-0.25, -0.2) is 0 Å². The Labute approximate surface area is 121 Å². The molecule has 2 aromatic rings. The van der Waals surface area contributed by atoms with Crippen LogP contribution < -0.4 is 10.5 Å². The minimum Gasteiger partial charge on any atom is -0.494 e. The van der Waals surface area contributed by atoms with Gasteiger partial charge in [-0.15, -0.1) is 0 Å². The van der Waals surface area contributed by atoms with Crippen LogP contribution in [-0.4, -0.2) is 6.61 Å². The monoisotopic (exact) mass is 269 g/mol. The van der Waals surface area contributed by atoms with Crippen LogP contribution in [0.15, 0.2) is 42.5 Å². The number of ether oxygens (including phenoxy) is 1. The van der Waals surface area contributed by atoms with Gasteiger partial charge in [-0.3, -0.25) is 0 Å². The SMILES string of the molecule is CCCOc1cccc(C(N)c2ccc(C)cc2C)c1. The summed E-state index contributed by atoms with van der Waals surface area (Å²) in [6.45, 7) is 7.05. The molecule has 2 nitrogen and oxygen atoms in total. The zero-order valence-electron chi connectivity index (χ0n) is 12.5. The lowest BCUT2D eigenvalue weighted by atomic mass is 9.94. The van der Waals surface area contributed by atoms with Gasteiger partial charge in [0.15, 0.2) is 0 Å². The van der Waals surface area contributed by atoms with Crippen LogP contribution in [0.5, 0.6) is 5.75 Å². The molecule has 0 aliphatic rings. The average Bonchev–Trinajstić information content (AvgIpc) is 2.45. The molecule has 2 rings (SSSR count). The number of benzene rings is 2. The van der Waals surface area contributed by atoms with Crippen LogP contribution in [-0.2, 0) is 0 Å². The Morgan fingerprint density at radius 2 is 1.90 bits per heavy atom. The van der Waals surface area contributed by atoms with Crippen molar-refractivity contribution in [1.29, 1.82) is 0 Å². The number of hydrogen-bond acceptors (Lipinski definition) is 2. The fourth-order valence-electron chi connectivity index (χ4n) is 2.37. The van der Waals surface area contributed by atoms with Gasteiger partial charge in [-0.05, 0) is 49.1 Å². The van der Waals surface area contributed by atoms with E-state index in [9.17, 15) is 0 Å². The van der Waals surface area contributed by atoms with E-state index in [1.807, 2.05) is 18.2 Å². The van der Waals surface area contributed by atoms with E-state index in [1.54, 1.807) is 0 Å². The Bertz CT molecular complexity index is 577. The zero-order chi connectivity index (χ0) is 14.5. The first kappa shape index (κ1) is 14.6. The summed E-state index contributed by atoms with van der Waals surface area (Å²) in [5.41, 5.74) is 11.2. The average molecular weight is 269 g/mol. The minimum atomic E-state index is -0.110. The maximum absolute atomic E-state index is 6.41. The molecule has 0 aromatic heterocycles. The Hall–Kier alpha value is -1.80. The molecule has 0 heterocycles. The molecule has 2 heteroatoms. The first-order valence-electron chi connectivity index (χ1n) is 7.17. The fraction of sp³-hybridized carbons (Fsp3) is 0.333. The van der Waals surface area contributed by atoms with Crippen molar-refractivity contribution in [3.05, 3.63) is 64.7 Å². The predicted octanol–water partition coefficient (Wildman–Crippen LogP) is 4.14. The van der Waals surface area contributed by atoms with Gasteiger partial charge in [0.2, 0.25) is 0 Å². The van der Waals surface area contributed by atoms with Gasteiger partial charge in [-0.1, -0.05) is 42.8 Å². The molecule has 0 radical (unpaired) electrons. The molecule has 0 bridgehead atoms. The van der Waals surface area contributed by atoms with Crippen molar-refractivity contribution in [1.82, 2.24) is 0 Å². The van der Waals surface area contributed by atoms with Crippen LogP contribution in [0.1, 0.15) is 41.6 Å². The number of nitrogens with two attached hydrogens (primary N) is 1. The van der Waals surface area contributed by atoms with Gasteiger partial charge in [0, 0.05) is 0 Å². The highest BCUT2D eigenvalue weighted by atomic mass is 16.5. The first-order chi connectivity index (χ1) is 9.61. The molecular weight excluding hydrogens is 246 g/mol. The van der Waals surface area contributed by atoms with E-state index in [-0.39, 0.29) is 6.04 Å². The van der Waals surface area contributed by atoms with Crippen molar-refractivity contribution < 1.29 is 4.74 Å². The Balaban J connectivity index is 2.26. The molecule has 2 N–H and O–H groups in total. The molecule has 0 spiro atoms. The highest BCUT2D eigenvalue weighted by molar-refractivity contribution is 5.40. The van der Waals surface area contributed by atoms with E-state index in [2.05, 4.69) is 45.0 Å². The molecule has 0 saturated carbocycles. The maximum Gasteiger partial charge on any atom is 0.119 e. The summed E-state index contributed by atoms with van der Waals surface area (Å²) in [6, 6.07) is 14.4. The third kappa shape index (κ3) is 3.40. The molecule has 0 aliphatic carbocycles. The fourth-order valence-corrected chi connectivity index (χ4v) is 2.37. The normalized spacial score (nSPS) is 12.2. The van der Waals surface area contributed by atoms with Crippen molar-refractivity contribution in [2.24, 2.45) is 5.73 Å². The van der Waals surface area contributed by atoms with Crippen molar-refractivity contribution in [3.8, 4) is 5.75 Å². The Morgan fingerprint density at radius 3 is 2.60 bits per heavy atom. The number of rotatable bonds is 5. The first-order valence-corrected chi connectivity index (χ1v) is 7.17.